The molecule has 2 aromatic carbocycles. The minimum atomic E-state index is -3.25. The van der Waals surface area contributed by atoms with Crippen LogP contribution in [0.1, 0.15) is 11.1 Å². The van der Waals surface area contributed by atoms with Crippen LogP contribution in [0.5, 0.6) is 0 Å². The summed E-state index contributed by atoms with van der Waals surface area (Å²) in [5, 5.41) is 2.73. The fraction of sp³-hybridized carbons (Fsp3) is 0.286. The number of sulfonamides is 1. The summed E-state index contributed by atoms with van der Waals surface area (Å²) in [4.78, 5) is 37.0. The molecule has 0 bridgehead atoms. The molecule has 1 atom stereocenters. The van der Waals surface area contributed by atoms with E-state index in [4.69, 9.17) is 0 Å². The Balaban J connectivity index is 1.63. The monoisotopic (exact) mass is 429 g/mol. The molecule has 30 heavy (non-hydrogen) atoms. The van der Waals surface area contributed by atoms with Crippen LogP contribution in [0.2, 0.25) is 0 Å². The normalized spacial score (nSPS) is 16.7. The summed E-state index contributed by atoms with van der Waals surface area (Å²) in [6.07, 6.45) is 1.12. The fourth-order valence-corrected chi connectivity index (χ4v) is 3.61. The van der Waals surface area contributed by atoms with E-state index in [0.29, 0.717) is 0 Å². The molecule has 2 amide bonds. The number of benzene rings is 2. The molecular weight excluding hydrogens is 406 g/mol. The van der Waals surface area contributed by atoms with Gasteiger partial charge in [0.25, 0.3) is 5.91 Å². The predicted octanol–water partition coefficient (Wildman–Crippen LogP) is 0.676. The number of amides is 2. The molecule has 2 N–H and O–H groups in total. The van der Waals surface area contributed by atoms with E-state index in [1.807, 2.05) is 48.5 Å². The molecule has 0 aromatic heterocycles. The van der Waals surface area contributed by atoms with Gasteiger partial charge in [-0.25, -0.2) is 13.1 Å². The van der Waals surface area contributed by atoms with Crippen LogP contribution in [0.3, 0.4) is 0 Å². The van der Waals surface area contributed by atoms with E-state index in [-0.39, 0.29) is 19.6 Å². The quantitative estimate of drug-likeness (QED) is 0.496. The van der Waals surface area contributed by atoms with Crippen LogP contribution in [0.15, 0.2) is 48.5 Å². The molecule has 1 aliphatic rings. The Kier molecular flexibility index (Phi) is 6.33. The first-order chi connectivity index (χ1) is 14.1. The number of carbonyl (C=O) groups excluding carboxylic acids is 3. The molecule has 8 nitrogen and oxygen atoms in total. The van der Waals surface area contributed by atoms with E-state index in [0.717, 1.165) is 28.5 Å². The summed E-state index contributed by atoms with van der Waals surface area (Å²) in [6.45, 7) is 0.567. The smallest absolute Gasteiger partial charge is 0.290 e. The Hall–Kier alpha value is -3.04. The van der Waals surface area contributed by atoms with Gasteiger partial charge in [0.05, 0.1) is 6.26 Å². The average Bonchev–Trinajstić information content (AvgIpc) is 2.98. The number of nitrogens with zero attached hydrogens (tertiary/aromatic N) is 1. The third kappa shape index (κ3) is 5.31. The van der Waals surface area contributed by atoms with Crippen LogP contribution in [-0.2, 0) is 37.5 Å². The van der Waals surface area contributed by atoms with Crippen LogP contribution in [-0.4, -0.2) is 50.8 Å². The van der Waals surface area contributed by atoms with Crippen molar-refractivity contribution < 1.29 is 22.8 Å². The highest BCUT2D eigenvalue weighted by molar-refractivity contribution is 7.88. The first-order valence-electron chi connectivity index (χ1n) is 9.34. The summed E-state index contributed by atoms with van der Waals surface area (Å²) in [5.41, 5.74) is 3.59. The van der Waals surface area contributed by atoms with E-state index in [9.17, 15) is 22.8 Å². The molecule has 9 heteroatoms. The summed E-state index contributed by atoms with van der Waals surface area (Å²) in [6, 6.07) is 15.1. The third-order valence-electron chi connectivity index (χ3n) is 4.87. The fourth-order valence-electron chi connectivity index (χ4n) is 3.18. The Labute approximate surface area is 175 Å². The van der Waals surface area contributed by atoms with Crippen molar-refractivity contribution in [1.82, 2.24) is 14.9 Å². The number of ketones is 1. The Morgan fingerprint density at radius 3 is 2.33 bits per heavy atom. The van der Waals surface area contributed by atoms with Gasteiger partial charge in [-0.3, -0.25) is 14.4 Å². The highest BCUT2D eigenvalue weighted by Gasteiger charge is 2.41. The molecule has 0 aliphatic carbocycles. The number of carbonyl (C=O) groups is 3. The Bertz CT molecular complexity index is 1080. The molecule has 158 valence electrons. The molecule has 1 saturated heterocycles. The number of hydrogen-bond acceptors (Lipinski definition) is 5. The van der Waals surface area contributed by atoms with E-state index < -0.39 is 33.5 Å². The minimum Gasteiger partial charge on any atom is -0.351 e. The first kappa shape index (κ1) is 21.7. The lowest BCUT2D eigenvalue weighted by atomic mass is 10.0. The second-order valence-electron chi connectivity index (χ2n) is 7.31. The lowest BCUT2D eigenvalue weighted by Crippen LogP contribution is -2.35. The van der Waals surface area contributed by atoms with Gasteiger partial charge < -0.3 is 10.2 Å². The molecule has 1 heterocycles. The van der Waals surface area contributed by atoms with Gasteiger partial charge in [0.1, 0.15) is 5.92 Å². The number of hydrogen-bond donors (Lipinski definition) is 2. The molecule has 3 rings (SSSR count). The van der Waals surface area contributed by atoms with Crippen LogP contribution < -0.4 is 10.0 Å². The van der Waals surface area contributed by atoms with Crippen molar-refractivity contribution in [3.05, 3.63) is 59.7 Å². The van der Waals surface area contributed by atoms with E-state index in [1.165, 1.54) is 11.9 Å². The van der Waals surface area contributed by atoms with Crippen molar-refractivity contribution in [3.8, 4) is 11.1 Å². The number of likely N-dealkylation sites (tertiary alicyclic amines) is 1. The van der Waals surface area contributed by atoms with Crippen molar-refractivity contribution in [3.63, 3.8) is 0 Å². The molecule has 0 spiro atoms. The van der Waals surface area contributed by atoms with Crippen LogP contribution in [0.25, 0.3) is 11.1 Å². The number of rotatable bonds is 7. The van der Waals surface area contributed by atoms with Gasteiger partial charge in [-0.15, -0.1) is 0 Å². The molecule has 1 fully saturated rings. The van der Waals surface area contributed by atoms with Crippen LogP contribution in [0.4, 0.5) is 0 Å². The Morgan fingerprint density at radius 1 is 1.03 bits per heavy atom. The third-order valence-corrected chi connectivity index (χ3v) is 5.54. The lowest BCUT2D eigenvalue weighted by Gasteiger charge is -2.11. The summed E-state index contributed by atoms with van der Waals surface area (Å²) in [5.74, 6) is -2.72. The van der Waals surface area contributed by atoms with Gasteiger partial charge in [0.2, 0.25) is 21.7 Å². The van der Waals surface area contributed by atoms with E-state index in [2.05, 4.69) is 10.0 Å². The van der Waals surface area contributed by atoms with Gasteiger partial charge in [-0.2, -0.15) is 0 Å². The van der Waals surface area contributed by atoms with Gasteiger partial charge in [0.15, 0.2) is 0 Å². The standard InChI is InChI=1S/C21H23N3O5S/c1-24-13-18(19(25)21(24)27)20(26)22-11-15-4-3-5-17(10-15)16-8-6-14(7-9-16)12-23-30(2,28)29/h3-10,18,23H,11-13H2,1-2H3,(H,22,26). The first-order valence-corrected chi connectivity index (χ1v) is 11.2. The SMILES string of the molecule is CN1CC(C(=O)NCc2cccc(-c3ccc(CNS(C)(=O)=O)cc3)c2)C(=O)C1=O. The summed E-state index contributed by atoms with van der Waals surface area (Å²) < 4.78 is 24.8. The minimum absolute atomic E-state index is 0.101. The van der Waals surface area contributed by atoms with Crippen molar-refractivity contribution in [1.29, 1.82) is 0 Å². The lowest BCUT2D eigenvalue weighted by molar-refractivity contribution is -0.142. The van der Waals surface area contributed by atoms with Crippen LogP contribution >= 0.6 is 0 Å². The van der Waals surface area contributed by atoms with Crippen molar-refractivity contribution in [2.24, 2.45) is 5.92 Å². The molecule has 2 aromatic rings. The number of Topliss-reactive ketones (excluding diaryl/α,β-unsaturated/α-hetero) is 1. The maximum absolute atomic E-state index is 12.3. The van der Waals surface area contributed by atoms with Crippen molar-refractivity contribution >= 4 is 27.6 Å². The maximum atomic E-state index is 12.3. The van der Waals surface area contributed by atoms with Crippen molar-refractivity contribution in [2.75, 3.05) is 19.8 Å². The van der Waals surface area contributed by atoms with Gasteiger partial charge in [-0.1, -0.05) is 42.5 Å². The molecular formula is C21H23N3O5S. The number of nitrogens with one attached hydrogen (secondary N) is 2. The largest absolute Gasteiger partial charge is 0.351 e. The van der Waals surface area contributed by atoms with Gasteiger partial charge in [-0.05, 0) is 28.3 Å². The highest BCUT2D eigenvalue weighted by Crippen LogP contribution is 2.21. The predicted molar refractivity (Wildman–Crippen MR) is 112 cm³/mol. The van der Waals surface area contributed by atoms with Crippen LogP contribution in [0, 0.1) is 5.92 Å². The average molecular weight is 429 g/mol. The van der Waals surface area contributed by atoms with E-state index in [1.54, 1.807) is 0 Å². The molecule has 0 radical (unpaired) electrons. The van der Waals surface area contributed by atoms with Crippen molar-refractivity contribution in [2.45, 2.75) is 13.1 Å². The van der Waals surface area contributed by atoms with Gasteiger partial charge >= 0.3 is 0 Å². The number of likely N-dealkylation sites (N-methyl/N-ethyl adjacent to an activating group) is 1. The molecule has 0 saturated carbocycles. The topological polar surface area (TPSA) is 113 Å². The molecule has 1 unspecified atom stereocenters. The zero-order chi connectivity index (χ0) is 21.9. The van der Waals surface area contributed by atoms with Gasteiger partial charge in [0, 0.05) is 26.7 Å². The second-order valence-corrected chi connectivity index (χ2v) is 9.14. The zero-order valence-corrected chi connectivity index (χ0v) is 17.5. The molecule has 1 aliphatic heterocycles. The summed E-state index contributed by atoms with van der Waals surface area (Å²) >= 11 is 0. The highest BCUT2D eigenvalue weighted by atomic mass is 32.2. The maximum Gasteiger partial charge on any atom is 0.290 e. The van der Waals surface area contributed by atoms with E-state index >= 15 is 0 Å². The zero-order valence-electron chi connectivity index (χ0n) is 16.7. The Morgan fingerprint density at radius 2 is 1.73 bits per heavy atom. The second kappa shape index (κ2) is 8.76. The summed E-state index contributed by atoms with van der Waals surface area (Å²) in [7, 11) is -1.75.